The van der Waals surface area contributed by atoms with E-state index in [9.17, 15) is 10.1 Å². The standard InChI is InChI=1S/C12H19N3O3/c1-13-10-7-11(9-12(8-10)15(17)18)14-5-3-2-4-6-16/h7-9,13-14,16H,2-6H2,1H3. The third-order valence-electron chi connectivity index (χ3n) is 2.58. The first-order chi connectivity index (χ1) is 8.67. The Morgan fingerprint density at radius 2 is 1.94 bits per heavy atom. The molecule has 18 heavy (non-hydrogen) atoms. The van der Waals surface area contributed by atoms with Crippen LogP contribution in [0.1, 0.15) is 19.3 Å². The van der Waals surface area contributed by atoms with E-state index in [2.05, 4.69) is 10.6 Å². The Morgan fingerprint density at radius 3 is 2.56 bits per heavy atom. The second-order valence-electron chi connectivity index (χ2n) is 3.99. The highest BCUT2D eigenvalue weighted by Crippen LogP contribution is 2.24. The van der Waals surface area contributed by atoms with Gasteiger partial charge in [-0.2, -0.15) is 0 Å². The number of nitrogens with one attached hydrogen (secondary N) is 2. The number of nitro groups is 1. The summed E-state index contributed by atoms with van der Waals surface area (Å²) in [4.78, 5) is 10.4. The molecule has 0 aliphatic carbocycles. The van der Waals surface area contributed by atoms with Crippen LogP contribution in [0.25, 0.3) is 0 Å². The van der Waals surface area contributed by atoms with Gasteiger partial charge in [0.1, 0.15) is 0 Å². The molecule has 1 rings (SSSR count). The summed E-state index contributed by atoms with van der Waals surface area (Å²) in [6.07, 6.45) is 2.66. The molecule has 3 N–H and O–H groups in total. The molecule has 0 heterocycles. The summed E-state index contributed by atoms with van der Waals surface area (Å²) in [7, 11) is 1.73. The van der Waals surface area contributed by atoms with Crippen molar-refractivity contribution in [3.8, 4) is 0 Å². The molecule has 0 unspecified atom stereocenters. The number of non-ortho nitro benzene ring substituents is 1. The Bertz CT molecular complexity index is 396. The van der Waals surface area contributed by atoms with Crippen molar-refractivity contribution in [2.75, 3.05) is 30.8 Å². The second-order valence-corrected chi connectivity index (χ2v) is 3.99. The van der Waals surface area contributed by atoms with Crippen molar-refractivity contribution in [3.05, 3.63) is 28.3 Å². The molecular weight excluding hydrogens is 234 g/mol. The molecule has 1 aromatic rings. The highest BCUT2D eigenvalue weighted by Gasteiger charge is 2.08. The van der Waals surface area contributed by atoms with Crippen molar-refractivity contribution in [2.24, 2.45) is 0 Å². The number of anilines is 2. The van der Waals surface area contributed by atoms with Gasteiger partial charge >= 0.3 is 0 Å². The fourth-order valence-electron chi connectivity index (χ4n) is 1.61. The number of nitro benzene ring substituents is 1. The number of nitrogens with zero attached hydrogens (tertiary/aromatic N) is 1. The van der Waals surface area contributed by atoms with Crippen molar-refractivity contribution in [1.82, 2.24) is 0 Å². The molecule has 0 amide bonds. The average molecular weight is 253 g/mol. The number of hydrogen-bond acceptors (Lipinski definition) is 5. The predicted octanol–water partition coefficient (Wildman–Crippen LogP) is 2.21. The van der Waals surface area contributed by atoms with E-state index in [1.54, 1.807) is 7.05 Å². The molecule has 6 nitrogen and oxygen atoms in total. The molecule has 0 aromatic heterocycles. The molecule has 0 fully saturated rings. The van der Waals surface area contributed by atoms with Gasteiger partial charge in [-0.25, -0.2) is 0 Å². The molecule has 0 atom stereocenters. The first-order valence-corrected chi connectivity index (χ1v) is 5.99. The molecule has 0 aliphatic heterocycles. The fraction of sp³-hybridized carbons (Fsp3) is 0.500. The summed E-state index contributed by atoms with van der Waals surface area (Å²) < 4.78 is 0. The number of aliphatic hydroxyl groups excluding tert-OH is 1. The lowest BCUT2D eigenvalue weighted by atomic mass is 10.2. The van der Waals surface area contributed by atoms with Crippen LogP contribution in [0.3, 0.4) is 0 Å². The predicted molar refractivity (Wildman–Crippen MR) is 72.1 cm³/mol. The highest BCUT2D eigenvalue weighted by molar-refractivity contribution is 5.63. The average Bonchev–Trinajstić information content (AvgIpc) is 2.38. The number of rotatable bonds is 8. The normalized spacial score (nSPS) is 10.1. The zero-order chi connectivity index (χ0) is 13.4. The van der Waals surface area contributed by atoms with Gasteiger partial charge in [-0.05, 0) is 25.3 Å². The molecule has 100 valence electrons. The van der Waals surface area contributed by atoms with Gasteiger partial charge in [-0.3, -0.25) is 10.1 Å². The van der Waals surface area contributed by atoms with E-state index in [-0.39, 0.29) is 12.3 Å². The number of benzene rings is 1. The van der Waals surface area contributed by atoms with Gasteiger partial charge in [0.05, 0.1) is 4.92 Å². The molecular formula is C12H19N3O3. The van der Waals surface area contributed by atoms with Crippen LogP contribution >= 0.6 is 0 Å². The molecule has 0 radical (unpaired) electrons. The minimum Gasteiger partial charge on any atom is -0.396 e. The quantitative estimate of drug-likeness (QED) is 0.375. The Kier molecular flexibility index (Phi) is 5.93. The Labute approximate surface area is 106 Å². The molecule has 6 heteroatoms. The summed E-state index contributed by atoms with van der Waals surface area (Å²) in [5.74, 6) is 0. The van der Waals surface area contributed by atoms with Crippen LogP contribution in [-0.4, -0.2) is 30.2 Å². The maximum absolute atomic E-state index is 10.8. The zero-order valence-electron chi connectivity index (χ0n) is 10.5. The molecule has 0 saturated carbocycles. The van der Waals surface area contributed by atoms with Crippen molar-refractivity contribution < 1.29 is 10.0 Å². The molecule has 0 bridgehead atoms. The Morgan fingerprint density at radius 1 is 1.22 bits per heavy atom. The van der Waals surface area contributed by atoms with Crippen LogP contribution in [0.5, 0.6) is 0 Å². The summed E-state index contributed by atoms with van der Waals surface area (Å²) in [5.41, 5.74) is 1.51. The van der Waals surface area contributed by atoms with Gasteiger partial charge in [0.15, 0.2) is 0 Å². The maximum Gasteiger partial charge on any atom is 0.273 e. The number of aliphatic hydroxyl groups is 1. The van der Waals surface area contributed by atoms with E-state index in [4.69, 9.17) is 5.11 Å². The lowest BCUT2D eigenvalue weighted by Crippen LogP contribution is -2.03. The van der Waals surface area contributed by atoms with E-state index in [1.807, 2.05) is 6.07 Å². The van der Waals surface area contributed by atoms with E-state index < -0.39 is 4.92 Å². The summed E-state index contributed by atoms with van der Waals surface area (Å²) >= 11 is 0. The minimum atomic E-state index is -0.405. The lowest BCUT2D eigenvalue weighted by molar-refractivity contribution is -0.384. The maximum atomic E-state index is 10.8. The van der Waals surface area contributed by atoms with Crippen LogP contribution in [0, 0.1) is 10.1 Å². The van der Waals surface area contributed by atoms with Gasteiger partial charge in [-0.15, -0.1) is 0 Å². The van der Waals surface area contributed by atoms with Crippen LogP contribution in [0.2, 0.25) is 0 Å². The van der Waals surface area contributed by atoms with E-state index in [0.717, 1.165) is 31.5 Å². The Hall–Kier alpha value is -1.82. The van der Waals surface area contributed by atoms with E-state index in [0.29, 0.717) is 5.69 Å². The monoisotopic (exact) mass is 253 g/mol. The van der Waals surface area contributed by atoms with Gasteiger partial charge in [0, 0.05) is 43.7 Å². The first-order valence-electron chi connectivity index (χ1n) is 5.99. The third-order valence-corrected chi connectivity index (χ3v) is 2.58. The molecule has 0 spiro atoms. The van der Waals surface area contributed by atoms with Gasteiger partial charge in [-0.1, -0.05) is 0 Å². The van der Waals surface area contributed by atoms with E-state index >= 15 is 0 Å². The third kappa shape index (κ3) is 4.58. The highest BCUT2D eigenvalue weighted by atomic mass is 16.6. The first kappa shape index (κ1) is 14.2. The topological polar surface area (TPSA) is 87.4 Å². The van der Waals surface area contributed by atoms with Crippen LogP contribution in [-0.2, 0) is 0 Å². The zero-order valence-corrected chi connectivity index (χ0v) is 10.5. The van der Waals surface area contributed by atoms with Crippen molar-refractivity contribution >= 4 is 17.1 Å². The minimum absolute atomic E-state index is 0.0692. The SMILES string of the molecule is CNc1cc(NCCCCCO)cc([N+](=O)[O-])c1. The van der Waals surface area contributed by atoms with Crippen molar-refractivity contribution in [1.29, 1.82) is 0 Å². The van der Waals surface area contributed by atoms with Crippen molar-refractivity contribution in [3.63, 3.8) is 0 Å². The van der Waals surface area contributed by atoms with Crippen LogP contribution in [0.15, 0.2) is 18.2 Å². The summed E-state index contributed by atoms with van der Waals surface area (Å²) in [6.45, 7) is 0.949. The lowest BCUT2D eigenvalue weighted by Gasteiger charge is -2.08. The van der Waals surface area contributed by atoms with Crippen LogP contribution in [0.4, 0.5) is 17.1 Å². The fourth-order valence-corrected chi connectivity index (χ4v) is 1.61. The molecule has 0 saturated heterocycles. The largest absolute Gasteiger partial charge is 0.396 e. The number of hydrogen-bond donors (Lipinski definition) is 3. The summed E-state index contributed by atoms with van der Waals surface area (Å²) in [5, 5.41) is 25.4. The second kappa shape index (κ2) is 7.50. The smallest absolute Gasteiger partial charge is 0.273 e. The molecule has 0 aliphatic rings. The number of unbranched alkanes of at least 4 members (excludes halogenated alkanes) is 2. The van der Waals surface area contributed by atoms with Gasteiger partial charge < -0.3 is 15.7 Å². The van der Waals surface area contributed by atoms with E-state index in [1.165, 1.54) is 12.1 Å². The van der Waals surface area contributed by atoms with Gasteiger partial charge in [0.25, 0.3) is 5.69 Å². The molecule has 1 aromatic carbocycles. The van der Waals surface area contributed by atoms with Crippen LogP contribution < -0.4 is 10.6 Å². The summed E-state index contributed by atoms with van der Waals surface area (Å²) in [6, 6.07) is 4.85. The Balaban J connectivity index is 2.58. The van der Waals surface area contributed by atoms with Crippen molar-refractivity contribution in [2.45, 2.75) is 19.3 Å². The van der Waals surface area contributed by atoms with Gasteiger partial charge in [0.2, 0.25) is 0 Å².